The summed E-state index contributed by atoms with van der Waals surface area (Å²) in [5.74, 6) is -0.0756. The molecule has 1 amide bonds. The van der Waals surface area contributed by atoms with Crippen molar-refractivity contribution in [2.24, 2.45) is 17.8 Å². The molecule has 0 aliphatic heterocycles. The molecule has 2 aliphatic carbocycles. The van der Waals surface area contributed by atoms with Gasteiger partial charge in [0.2, 0.25) is 5.91 Å². The Balaban J connectivity index is 1.52. The first kappa shape index (κ1) is 22.0. The fourth-order valence-corrected chi connectivity index (χ4v) is 6.25. The fourth-order valence-electron chi connectivity index (χ4n) is 5.40. The summed E-state index contributed by atoms with van der Waals surface area (Å²) in [6, 6.07) is 12.3. The summed E-state index contributed by atoms with van der Waals surface area (Å²) in [4.78, 5) is 33.1. The third kappa shape index (κ3) is 4.36. The summed E-state index contributed by atoms with van der Waals surface area (Å²) < 4.78 is 13.4. The molecule has 6 heteroatoms. The fraction of sp³-hybridized carbons (Fsp3) is 0.370. The number of hydrogen-bond donors (Lipinski definition) is 0. The minimum absolute atomic E-state index is 0.0126. The van der Waals surface area contributed by atoms with Crippen LogP contribution in [0.1, 0.15) is 43.2 Å². The lowest BCUT2D eigenvalue weighted by molar-refractivity contribution is -0.136. The van der Waals surface area contributed by atoms with Crippen LogP contribution in [-0.4, -0.2) is 16.7 Å². The molecule has 2 unspecified atom stereocenters. The lowest BCUT2D eigenvalue weighted by Crippen LogP contribution is -2.43. The normalized spacial score (nSPS) is 22.3. The number of carbonyl (C=O) groups is 2. The van der Waals surface area contributed by atoms with Gasteiger partial charge in [-0.15, -0.1) is 11.3 Å². The molecule has 3 aromatic rings. The monoisotopic (exact) mass is 462 g/mol. The van der Waals surface area contributed by atoms with E-state index in [-0.39, 0.29) is 29.5 Å². The Morgan fingerprint density at radius 2 is 1.67 bits per heavy atom. The second-order valence-electron chi connectivity index (χ2n) is 9.44. The van der Waals surface area contributed by atoms with E-state index in [1.54, 1.807) is 17.0 Å². The van der Waals surface area contributed by atoms with Crippen LogP contribution < -0.4 is 4.90 Å². The third-order valence-corrected chi connectivity index (χ3v) is 7.73. The lowest BCUT2D eigenvalue weighted by atomic mass is 9.67. The van der Waals surface area contributed by atoms with Gasteiger partial charge in [0.15, 0.2) is 5.13 Å². The molecule has 2 aliphatic rings. The Labute approximate surface area is 197 Å². The largest absolute Gasteiger partial charge is 0.299 e. The van der Waals surface area contributed by atoms with Gasteiger partial charge in [-0.05, 0) is 87.1 Å². The van der Waals surface area contributed by atoms with Crippen LogP contribution in [0.2, 0.25) is 0 Å². The lowest BCUT2D eigenvalue weighted by Gasteiger charge is -2.38. The molecule has 0 saturated heterocycles. The Bertz CT molecular complexity index is 1170. The van der Waals surface area contributed by atoms with Crippen molar-refractivity contribution in [2.45, 2.75) is 46.0 Å². The molecule has 2 aromatic carbocycles. The highest BCUT2D eigenvalue weighted by molar-refractivity contribution is 7.14. The second-order valence-corrected chi connectivity index (χ2v) is 10.3. The minimum Gasteiger partial charge on any atom is -0.299 e. The zero-order chi connectivity index (χ0) is 23.1. The maximum atomic E-state index is 14.0. The number of aryl methyl sites for hydroxylation is 2. The number of benzene rings is 2. The number of amides is 1. The number of nitrogens with zero attached hydrogens (tertiary/aromatic N) is 2. The third-order valence-electron chi connectivity index (χ3n) is 6.91. The van der Waals surface area contributed by atoms with E-state index in [1.807, 2.05) is 31.4 Å². The topological polar surface area (TPSA) is 50.3 Å². The van der Waals surface area contributed by atoms with E-state index in [0.717, 1.165) is 41.6 Å². The van der Waals surface area contributed by atoms with E-state index in [4.69, 9.17) is 4.98 Å². The first-order valence-corrected chi connectivity index (χ1v) is 12.4. The van der Waals surface area contributed by atoms with E-state index in [0.29, 0.717) is 29.5 Å². The van der Waals surface area contributed by atoms with Gasteiger partial charge in [0.25, 0.3) is 0 Å². The van der Waals surface area contributed by atoms with Crippen LogP contribution in [0.25, 0.3) is 11.3 Å². The number of fused-ring (bicyclic) bond motifs is 2. The van der Waals surface area contributed by atoms with Gasteiger partial charge in [-0.3, -0.25) is 14.5 Å². The molecule has 0 N–H and O–H groups in total. The van der Waals surface area contributed by atoms with Crippen LogP contribution in [-0.2, 0) is 9.59 Å². The van der Waals surface area contributed by atoms with Crippen molar-refractivity contribution in [3.8, 4) is 11.3 Å². The van der Waals surface area contributed by atoms with Gasteiger partial charge >= 0.3 is 0 Å². The molecule has 2 atom stereocenters. The van der Waals surface area contributed by atoms with E-state index in [2.05, 4.69) is 6.07 Å². The number of carbonyl (C=O) groups excluding carboxylic acids is 2. The van der Waals surface area contributed by atoms with Crippen LogP contribution >= 0.6 is 11.3 Å². The maximum absolute atomic E-state index is 14.0. The quantitative estimate of drug-likeness (QED) is 0.437. The molecule has 170 valence electrons. The maximum Gasteiger partial charge on any atom is 0.236 e. The Morgan fingerprint density at radius 3 is 2.30 bits per heavy atom. The van der Waals surface area contributed by atoms with Gasteiger partial charge in [-0.2, -0.15) is 0 Å². The van der Waals surface area contributed by atoms with Crippen LogP contribution in [0.5, 0.6) is 0 Å². The molecular weight excluding hydrogens is 435 g/mol. The first-order valence-electron chi connectivity index (χ1n) is 11.6. The average Bonchev–Trinajstić information content (AvgIpc) is 3.23. The van der Waals surface area contributed by atoms with Crippen molar-refractivity contribution in [3.05, 3.63) is 64.8 Å². The van der Waals surface area contributed by atoms with Crippen molar-refractivity contribution in [2.75, 3.05) is 4.90 Å². The number of ketones is 1. The van der Waals surface area contributed by atoms with Crippen LogP contribution in [0, 0.1) is 37.4 Å². The zero-order valence-corrected chi connectivity index (χ0v) is 19.7. The molecule has 2 fully saturated rings. The number of anilines is 2. The predicted octanol–water partition coefficient (Wildman–Crippen LogP) is 6.63. The molecule has 1 heterocycles. The Kier molecular flexibility index (Phi) is 5.87. The van der Waals surface area contributed by atoms with E-state index in [1.165, 1.54) is 23.5 Å². The van der Waals surface area contributed by atoms with Crippen molar-refractivity contribution < 1.29 is 14.0 Å². The molecule has 5 rings (SSSR count). The number of hydrogen-bond acceptors (Lipinski definition) is 4. The van der Waals surface area contributed by atoms with Crippen LogP contribution in [0.4, 0.5) is 15.2 Å². The molecule has 4 nitrogen and oxygen atoms in total. The molecule has 33 heavy (non-hydrogen) atoms. The SMILES string of the molecule is Cc1cc(C)cc(N(C(=O)C2CC3CCCC(C2)C3=O)c2nc(-c3ccc(F)cc3)cs2)c1. The van der Waals surface area contributed by atoms with Crippen LogP contribution in [0.15, 0.2) is 47.8 Å². The van der Waals surface area contributed by atoms with Crippen LogP contribution in [0.3, 0.4) is 0 Å². The van der Waals surface area contributed by atoms with Gasteiger partial charge in [-0.25, -0.2) is 9.37 Å². The van der Waals surface area contributed by atoms with E-state index >= 15 is 0 Å². The Hall–Kier alpha value is -2.86. The number of thiazole rings is 1. The predicted molar refractivity (Wildman–Crippen MR) is 129 cm³/mol. The number of halogens is 1. The summed E-state index contributed by atoms with van der Waals surface area (Å²) in [6.07, 6.45) is 4.14. The highest BCUT2D eigenvalue weighted by Crippen LogP contribution is 2.43. The highest BCUT2D eigenvalue weighted by Gasteiger charge is 2.43. The molecule has 2 saturated carbocycles. The molecule has 1 aromatic heterocycles. The minimum atomic E-state index is -0.293. The van der Waals surface area contributed by atoms with Crippen molar-refractivity contribution >= 4 is 33.8 Å². The second kappa shape index (κ2) is 8.82. The summed E-state index contributed by atoms with van der Waals surface area (Å²) in [5.41, 5.74) is 4.49. The summed E-state index contributed by atoms with van der Waals surface area (Å²) >= 11 is 1.41. The van der Waals surface area contributed by atoms with Gasteiger partial charge in [0.1, 0.15) is 11.6 Å². The summed E-state index contributed by atoms with van der Waals surface area (Å²) in [5, 5.41) is 2.51. The van der Waals surface area contributed by atoms with E-state index < -0.39 is 0 Å². The number of aromatic nitrogens is 1. The summed E-state index contributed by atoms with van der Waals surface area (Å²) in [6.45, 7) is 4.04. The van der Waals surface area contributed by atoms with Gasteiger partial charge in [0.05, 0.1) is 11.4 Å². The smallest absolute Gasteiger partial charge is 0.236 e. The summed E-state index contributed by atoms with van der Waals surface area (Å²) in [7, 11) is 0. The van der Waals surface area contributed by atoms with Gasteiger partial charge in [0, 0.05) is 28.7 Å². The van der Waals surface area contributed by atoms with E-state index in [9.17, 15) is 14.0 Å². The van der Waals surface area contributed by atoms with Crippen molar-refractivity contribution in [1.82, 2.24) is 4.98 Å². The average molecular weight is 463 g/mol. The van der Waals surface area contributed by atoms with Gasteiger partial charge in [-0.1, -0.05) is 12.5 Å². The molecular formula is C27H27FN2O2S. The highest BCUT2D eigenvalue weighted by atomic mass is 32.1. The molecule has 0 radical (unpaired) electrons. The zero-order valence-electron chi connectivity index (χ0n) is 18.9. The van der Waals surface area contributed by atoms with Crippen molar-refractivity contribution in [1.29, 1.82) is 0 Å². The number of Topliss-reactive ketones (excluding diaryl/α,β-unsaturated/α-hetero) is 1. The first-order chi connectivity index (χ1) is 15.9. The molecule has 2 bridgehead atoms. The molecule has 0 spiro atoms. The standard InChI is InChI=1S/C27H27FN2O2S/c1-16-10-17(2)12-23(11-16)30(26(32)21-13-19-4-3-5-20(14-21)25(19)31)27-29-24(15-33-27)18-6-8-22(28)9-7-18/h6-12,15,19-21H,3-5,13-14H2,1-2H3. The Morgan fingerprint density at radius 1 is 1.03 bits per heavy atom. The van der Waals surface area contributed by atoms with Crippen molar-refractivity contribution in [3.63, 3.8) is 0 Å². The number of rotatable bonds is 4. The van der Waals surface area contributed by atoms with Gasteiger partial charge < -0.3 is 0 Å².